The number of aliphatic hydroxyl groups excluding tert-OH is 1. The van der Waals surface area contributed by atoms with Gasteiger partial charge in [-0.3, -0.25) is 33.8 Å². The van der Waals surface area contributed by atoms with E-state index < -0.39 is 90.3 Å². The fourth-order valence-electron chi connectivity index (χ4n) is 6.04. The van der Waals surface area contributed by atoms with Gasteiger partial charge in [-0.2, -0.15) is 0 Å². The van der Waals surface area contributed by atoms with Crippen LogP contribution in [0.2, 0.25) is 0 Å². The number of aromatic nitrogens is 2. The molecular weight excluding hydrogens is 674 g/mol. The van der Waals surface area contributed by atoms with E-state index in [1.807, 2.05) is 0 Å². The average molecular weight is 722 g/mol. The Morgan fingerprint density at radius 2 is 1.65 bits per heavy atom. The van der Waals surface area contributed by atoms with Crippen molar-refractivity contribution in [3.63, 3.8) is 0 Å². The molecule has 2 fully saturated rings. The fraction of sp³-hybridized carbons (Fsp3) is 0.633. The average Bonchev–Trinajstić information content (AvgIpc) is 3.85. The van der Waals surface area contributed by atoms with Crippen molar-refractivity contribution < 1.29 is 48.9 Å². The molecular formula is C30H47N11O10. The van der Waals surface area contributed by atoms with Gasteiger partial charge in [0.15, 0.2) is 12.0 Å². The highest BCUT2D eigenvalue weighted by Crippen LogP contribution is 2.26. The Labute approximate surface area is 292 Å². The lowest BCUT2D eigenvalue weighted by Gasteiger charge is -2.33. The number of carboxylic acid groups (broad SMARTS) is 2. The third-order valence-corrected chi connectivity index (χ3v) is 8.61. The number of hydrogen-bond donors (Lipinski definition) is 10. The van der Waals surface area contributed by atoms with E-state index in [2.05, 4.69) is 30.9 Å². The quantitative estimate of drug-likeness (QED) is 0.0390. The fourth-order valence-corrected chi connectivity index (χ4v) is 6.04. The number of nitrogens with two attached hydrogens (primary N) is 3. The Balaban J connectivity index is 1.73. The molecule has 0 saturated carbocycles. The van der Waals surface area contributed by atoms with E-state index in [1.54, 1.807) is 0 Å². The molecule has 0 bridgehead atoms. The molecule has 0 aliphatic carbocycles. The summed E-state index contributed by atoms with van der Waals surface area (Å²) in [6.07, 6.45) is 2.13. The van der Waals surface area contributed by atoms with E-state index >= 15 is 0 Å². The van der Waals surface area contributed by atoms with E-state index in [9.17, 15) is 48.9 Å². The van der Waals surface area contributed by atoms with Crippen molar-refractivity contribution in [3.8, 4) is 0 Å². The minimum atomic E-state index is -1.66. The predicted octanol–water partition coefficient (Wildman–Crippen LogP) is -4.29. The van der Waals surface area contributed by atoms with Crippen molar-refractivity contribution in [3.05, 3.63) is 18.2 Å². The molecule has 21 heteroatoms. The first-order valence-electron chi connectivity index (χ1n) is 16.5. The van der Waals surface area contributed by atoms with Crippen LogP contribution in [0.15, 0.2) is 17.5 Å². The highest BCUT2D eigenvalue weighted by Gasteiger charge is 2.44. The SMILES string of the molecule is C[C@@H](O)[C@H](NC(=O)[C@H](CCCN=C(N)N)NC(=O)[C@@H]1CCCN1C(=O)[C@@H]1CCCN1C(=O)[C@H](CC(=O)O)NC(=O)[C@@H](N)Cc1cnc[nH]1)C(=O)O. The number of nitrogens with zero attached hydrogens (tertiary/aromatic N) is 4. The van der Waals surface area contributed by atoms with Crippen LogP contribution in [0, 0.1) is 0 Å². The molecule has 13 N–H and O–H groups in total. The number of imidazole rings is 1. The largest absolute Gasteiger partial charge is 0.481 e. The number of aromatic amines is 1. The van der Waals surface area contributed by atoms with Gasteiger partial charge in [-0.25, -0.2) is 9.78 Å². The van der Waals surface area contributed by atoms with Gasteiger partial charge in [-0.15, -0.1) is 0 Å². The highest BCUT2D eigenvalue weighted by atomic mass is 16.4. The molecule has 3 rings (SSSR count). The normalized spacial score (nSPS) is 20.0. The van der Waals surface area contributed by atoms with Crippen LogP contribution in [0.4, 0.5) is 0 Å². The molecule has 0 radical (unpaired) electrons. The predicted molar refractivity (Wildman–Crippen MR) is 177 cm³/mol. The number of carboxylic acids is 2. The van der Waals surface area contributed by atoms with Gasteiger partial charge in [-0.05, 0) is 45.4 Å². The minimum Gasteiger partial charge on any atom is -0.481 e. The summed E-state index contributed by atoms with van der Waals surface area (Å²) in [5, 5.41) is 36.0. The van der Waals surface area contributed by atoms with Gasteiger partial charge in [0.05, 0.1) is 24.9 Å². The van der Waals surface area contributed by atoms with Crippen LogP contribution in [0.1, 0.15) is 57.6 Å². The first kappa shape index (κ1) is 40.1. The van der Waals surface area contributed by atoms with Crippen LogP contribution in [0.25, 0.3) is 0 Å². The minimum absolute atomic E-state index is 0.0195. The number of carbonyl (C=O) groups excluding carboxylic acids is 5. The van der Waals surface area contributed by atoms with E-state index in [0.717, 1.165) is 0 Å². The second-order valence-corrected chi connectivity index (χ2v) is 12.5. The Morgan fingerprint density at radius 3 is 2.24 bits per heavy atom. The summed E-state index contributed by atoms with van der Waals surface area (Å²) < 4.78 is 0. The molecule has 0 spiro atoms. The molecule has 1 aromatic rings. The number of likely N-dealkylation sites (tertiary alicyclic amines) is 2. The van der Waals surface area contributed by atoms with E-state index in [0.29, 0.717) is 18.5 Å². The van der Waals surface area contributed by atoms with Crippen LogP contribution >= 0.6 is 0 Å². The van der Waals surface area contributed by atoms with Gasteiger partial charge in [0.25, 0.3) is 0 Å². The molecule has 3 heterocycles. The number of hydrogen-bond acceptors (Lipinski definition) is 11. The molecule has 21 nitrogen and oxygen atoms in total. The Bertz CT molecular complexity index is 1450. The smallest absolute Gasteiger partial charge is 0.328 e. The lowest BCUT2D eigenvalue weighted by molar-refractivity contribution is -0.149. The zero-order valence-electron chi connectivity index (χ0n) is 28.2. The lowest BCUT2D eigenvalue weighted by Crippen LogP contribution is -2.59. The Morgan fingerprint density at radius 1 is 0.980 bits per heavy atom. The van der Waals surface area contributed by atoms with Crippen molar-refractivity contribution in [2.75, 3.05) is 19.6 Å². The number of rotatable bonds is 18. The van der Waals surface area contributed by atoms with Gasteiger partial charge in [0, 0.05) is 37.9 Å². The zero-order valence-corrected chi connectivity index (χ0v) is 28.2. The van der Waals surface area contributed by atoms with Crippen molar-refractivity contribution in [1.29, 1.82) is 0 Å². The molecule has 1 aromatic heterocycles. The number of amides is 5. The number of carbonyl (C=O) groups is 7. The maximum absolute atomic E-state index is 13.9. The number of guanidine groups is 1. The first-order valence-corrected chi connectivity index (χ1v) is 16.5. The number of nitrogens with one attached hydrogen (secondary N) is 4. The highest BCUT2D eigenvalue weighted by molar-refractivity contribution is 5.97. The summed E-state index contributed by atoms with van der Waals surface area (Å²) in [7, 11) is 0. The molecule has 2 aliphatic rings. The van der Waals surface area contributed by atoms with Crippen LogP contribution < -0.4 is 33.2 Å². The van der Waals surface area contributed by atoms with Gasteiger partial charge in [0.1, 0.15) is 24.2 Å². The number of aliphatic carboxylic acids is 2. The summed E-state index contributed by atoms with van der Waals surface area (Å²) in [6, 6.07) is -7.71. The van der Waals surface area contributed by atoms with E-state index in [4.69, 9.17) is 17.2 Å². The molecule has 0 unspecified atom stereocenters. The molecule has 51 heavy (non-hydrogen) atoms. The van der Waals surface area contributed by atoms with Gasteiger partial charge in [-0.1, -0.05) is 0 Å². The Hall–Kier alpha value is -5.31. The summed E-state index contributed by atoms with van der Waals surface area (Å²) in [5.74, 6) is -6.77. The molecule has 7 atom stereocenters. The van der Waals surface area contributed by atoms with Crippen molar-refractivity contribution in [1.82, 2.24) is 35.7 Å². The van der Waals surface area contributed by atoms with Crippen LogP contribution in [0.5, 0.6) is 0 Å². The lowest BCUT2D eigenvalue weighted by atomic mass is 10.1. The Kier molecular flexibility index (Phi) is 14.6. The topological polar surface area (TPSA) is 342 Å². The van der Waals surface area contributed by atoms with E-state index in [1.165, 1.54) is 29.2 Å². The maximum atomic E-state index is 13.9. The summed E-state index contributed by atoms with van der Waals surface area (Å²) in [4.78, 5) is 103. The number of aliphatic imine (C=N–C) groups is 1. The molecule has 282 valence electrons. The molecule has 0 aromatic carbocycles. The van der Waals surface area contributed by atoms with Crippen molar-refractivity contribution in [2.24, 2.45) is 22.2 Å². The summed E-state index contributed by atoms with van der Waals surface area (Å²) in [5.41, 5.74) is 17.2. The first-order chi connectivity index (χ1) is 24.1. The summed E-state index contributed by atoms with van der Waals surface area (Å²) in [6.45, 7) is 1.52. The van der Waals surface area contributed by atoms with Crippen LogP contribution in [0.3, 0.4) is 0 Å². The van der Waals surface area contributed by atoms with Gasteiger partial charge in [0.2, 0.25) is 29.5 Å². The monoisotopic (exact) mass is 721 g/mol. The third-order valence-electron chi connectivity index (χ3n) is 8.61. The number of H-pyrrole nitrogens is 1. The van der Waals surface area contributed by atoms with Crippen molar-refractivity contribution in [2.45, 2.75) is 101 Å². The molecule has 2 saturated heterocycles. The standard InChI is InChI=1S/C30H47N11O10/c1-15(42)23(29(50)51)39-25(46)18(5-2-8-35-30(32)33)37-26(47)20-6-3-9-40(20)28(49)21-7-4-10-41(21)27(48)19(12-22(43)44)38-24(45)17(31)11-16-13-34-14-36-16/h13-15,17-21,23,42H,2-12,31H2,1H3,(H,34,36)(H,37,47)(H,38,45)(H,39,46)(H,43,44)(H,50,51)(H4,32,33,35)/t15-,17+,18+,19+,20+,21+,23+/m1/s1. The van der Waals surface area contributed by atoms with Gasteiger partial charge >= 0.3 is 11.9 Å². The number of aliphatic hydroxyl groups is 1. The second kappa shape index (κ2) is 18.6. The molecule has 2 aliphatic heterocycles. The maximum Gasteiger partial charge on any atom is 0.328 e. The van der Waals surface area contributed by atoms with Gasteiger partial charge < -0.3 is 63.3 Å². The van der Waals surface area contributed by atoms with Crippen LogP contribution in [-0.4, -0.2) is 145 Å². The van der Waals surface area contributed by atoms with Crippen LogP contribution in [-0.2, 0) is 40.0 Å². The summed E-state index contributed by atoms with van der Waals surface area (Å²) >= 11 is 0. The molecule has 5 amide bonds. The van der Waals surface area contributed by atoms with E-state index in [-0.39, 0.29) is 57.7 Å². The second-order valence-electron chi connectivity index (χ2n) is 12.5. The zero-order chi connectivity index (χ0) is 37.8. The van der Waals surface area contributed by atoms with Crippen molar-refractivity contribution >= 4 is 47.4 Å². The third kappa shape index (κ3) is 11.4.